The maximum Gasteiger partial charge on any atom is 0.338 e. The molecule has 0 atom stereocenters. The standard InChI is InChI=1S/C12H12BNO3/c1-16-11-6-10-8(5-9(11)13)7(3-4-14-10)12(15)17-2/h3-6H,13H2,1-2H3. The largest absolute Gasteiger partial charge is 0.497 e. The van der Waals surface area contributed by atoms with Crippen LogP contribution in [0.25, 0.3) is 10.9 Å². The van der Waals surface area contributed by atoms with E-state index in [0.717, 1.165) is 22.1 Å². The minimum absolute atomic E-state index is 0.359. The van der Waals surface area contributed by atoms with Crippen LogP contribution in [0.1, 0.15) is 10.4 Å². The Bertz CT molecular complexity index is 583. The molecule has 1 heterocycles. The van der Waals surface area contributed by atoms with Gasteiger partial charge in [0.15, 0.2) is 0 Å². The smallest absolute Gasteiger partial charge is 0.338 e. The van der Waals surface area contributed by atoms with Gasteiger partial charge in [0, 0.05) is 17.6 Å². The lowest BCUT2D eigenvalue weighted by Gasteiger charge is -2.09. The summed E-state index contributed by atoms with van der Waals surface area (Å²) < 4.78 is 9.97. The zero-order valence-electron chi connectivity index (χ0n) is 9.98. The summed E-state index contributed by atoms with van der Waals surface area (Å²) in [6.45, 7) is 0. The molecule has 17 heavy (non-hydrogen) atoms. The minimum atomic E-state index is -0.359. The van der Waals surface area contributed by atoms with E-state index in [1.54, 1.807) is 19.4 Å². The van der Waals surface area contributed by atoms with Crippen molar-refractivity contribution in [2.24, 2.45) is 0 Å². The lowest BCUT2D eigenvalue weighted by atomic mass is 9.92. The molecule has 0 aliphatic carbocycles. The predicted molar refractivity (Wildman–Crippen MR) is 67.8 cm³/mol. The molecule has 4 nitrogen and oxygen atoms in total. The molecule has 1 aromatic carbocycles. The maximum atomic E-state index is 11.6. The van der Waals surface area contributed by atoms with Crippen LogP contribution in [0.2, 0.25) is 0 Å². The topological polar surface area (TPSA) is 48.4 Å². The molecule has 0 saturated carbocycles. The Balaban J connectivity index is 2.72. The summed E-state index contributed by atoms with van der Waals surface area (Å²) in [4.78, 5) is 15.8. The second-order valence-electron chi connectivity index (χ2n) is 3.69. The Morgan fingerprint density at radius 3 is 2.76 bits per heavy atom. The number of methoxy groups -OCH3 is 2. The van der Waals surface area contributed by atoms with E-state index in [1.807, 2.05) is 20.0 Å². The van der Waals surface area contributed by atoms with E-state index in [2.05, 4.69) is 4.98 Å². The third-order valence-corrected chi connectivity index (χ3v) is 2.66. The van der Waals surface area contributed by atoms with Gasteiger partial charge in [0.2, 0.25) is 0 Å². The Labute approximate surface area is 100.0 Å². The van der Waals surface area contributed by atoms with Gasteiger partial charge in [-0.2, -0.15) is 0 Å². The number of fused-ring (bicyclic) bond motifs is 1. The molecule has 0 amide bonds. The van der Waals surface area contributed by atoms with Gasteiger partial charge >= 0.3 is 5.97 Å². The molecule has 0 aliphatic rings. The number of nitrogens with zero attached hydrogens (tertiary/aromatic N) is 1. The molecule has 0 bridgehead atoms. The lowest BCUT2D eigenvalue weighted by molar-refractivity contribution is 0.0603. The second-order valence-corrected chi connectivity index (χ2v) is 3.69. The zero-order valence-corrected chi connectivity index (χ0v) is 9.98. The van der Waals surface area contributed by atoms with Crippen molar-refractivity contribution in [3.8, 4) is 5.75 Å². The number of hydrogen-bond donors (Lipinski definition) is 0. The van der Waals surface area contributed by atoms with Crippen LogP contribution < -0.4 is 10.2 Å². The summed E-state index contributed by atoms with van der Waals surface area (Å²) in [6, 6.07) is 5.35. The molecule has 0 spiro atoms. The summed E-state index contributed by atoms with van der Waals surface area (Å²) in [5.74, 6) is 0.397. The van der Waals surface area contributed by atoms with Gasteiger partial charge in [-0.15, -0.1) is 0 Å². The van der Waals surface area contributed by atoms with E-state index >= 15 is 0 Å². The van der Waals surface area contributed by atoms with Gasteiger partial charge in [0.25, 0.3) is 0 Å². The molecular formula is C12H12BNO3. The molecular weight excluding hydrogens is 217 g/mol. The molecule has 5 heteroatoms. The highest BCUT2D eigenvalue weighted by atomic mass is 16.5. The van der Waals surface area contributed by atoms with Gasteiger partial charge in [-0.1, -0.05) is 6.07 Å². The van der Waals surface area contributed by atoms with Crippen molar-refractivity contribution < 1.29 is 14.3 Å². The SMILES string of the molecule is Bc1cc2c(C(=O)OC)ccnc2cc1OC. The highest BCUT2D eigenvalue weighted by Gasteiger charge is 2.12. The first kappa shape index (κ1) is 11.5. The molecule has 1 aromatic heterocycles. The first-order valence-corrected chi connectivity index (χ1v) is 5.19. The lowest BCUT2D eigenvalue weighted by Crippen LogP contribution is -2.09. The Morgan fingerprint density at radius 1 is 1.35 bits per heavy atom. The van der Waals surface area contributed by atoms with Crippen molar-refractivity contribution in [1.29, 1.82) is 0 Å². The number of carbonyl (C=O) groups is 1. The first-order valence-electron chi connectivity index (χ1n) is 5.19. The van der Waals surface area contributed by atoms with Gasteiger partial charge in [0.05, 0.1) is 25.3 Å². The van der Waals surface area contributed by atoms with Gasteiger partial charge in [-0.25, -0.2) is 4.79 Å². The number of hydrogen-bond acceptors (Lipinski definition) is 4. The van der Waals surface area contributed by atoms with Crippen molar-refractivity contribution >= 4 is 30.2 Å². The molecule has 0 saturated heterocycles. The van der Waals surface area contributed by atoms with E-state index < -0.39 is 0 Å². The summed E-state index contributed by atoms with van der Waals surface area (Å²) in [6.07, 6.45) is 1.59. The molecule has 2 rings (SSSR count). The first-order chi connectivity index (χ1) is 8.17. The van der Waals surface area contributed by atoms with E-state index in [1.165, 1.54) is 7.11 Å². The van der Waals surface area contributed by atoms with Gasteiger partial charge in [0.1, 0.15) is 13.6 Å². The van der Waals surface area contributed by atoms with E-state index in [0.29, 0.717) is 5.56 Å². The molecule has 0 fully saturated rings. The summed E-state index contributed by atoms with van der Waals surface area (Å²) in [5, 5.41) is 0.776. The minimum Gasteiger partial charge on any atom is -0.497 e. The van der Waals surface area contributed by atoms with E-state index in [9.17, 15) is 4.79 Å². The van der Waals surface area contributed by atoms with E-state index in [4.69, 9.17) is 9.47 Å². The summed E-state index contributed by atoms with van der Waals surface area (Å²) in [5.41, 5.74) is 2.19. The number of rotatable bonds is 2. The fourth-order valence-electron chi connectivity index (χ4n) is 1.79. The van der Waals surface area contributed by atoms with Crippen LogP contribution in [0, 0.1) is 0 Å². The van der Waals surface area contributed by atoms with E-state index in [-0.39, 0.29) is 5.97 Å². The molecule has 0 aliphatic heterocycles. The third-order valence-electron chi connectivity index (χ3n) is 2.66. The predicted octanol–water partition coefficient (Wildman–Crippen LogP) is 0.288. The van der Waals surface area contributed by atoms with Crippen molar-refractivity contribution in [3.05, 3.63) is 30.0 Å². The Kier molecular flexibility index (Phi) is 3.00. The van der Waals surface area contributed by atoms with Gasteiger partial charge < -0.3 is 9.47 Å². The highest BCUT2D eigenvalue weighted by Crippen LogP contribution is 2.20. The van der Waals surface area contributed by atoms with Crippen molar-refractivity contribution in [2.45, 2.75) is 0 Å². The average molecular weight is 229 g/mol. The number of benzene rings is 1. The van der Waals surface area contributed by atoms with Crippen LogP contribution in [0.5, 0.6) is 5.75 Å². The van der Waals surface area contributed by atoms with Crippen molar-refractivity contribution in [2.75, 3.05) is 14.2 Å². The summed E-state index contributed by atoms with van der Waals surface area (Å²) >= 11 is 0. The Hall–Kier alpha value is -2.04. The van der Waals surface area contributed by atoms with Crippen LogP contribution in [0.15, 0.2) is 24.4 Å². The van der Waals surface area contributed by atoms with Gasteiger partial charge in [-0.05, 0) is 11.5 Å². The molecule has 0 N–H and O–H groups in total. The monoisotopic (exact) mass is 229 g/mol. The van der Waals surface area contributed by atoms with Crippen LogP contribution in [-0.4, -0.2) is 33.0 Å². The fraction of sp³-hybridized carbons (Fsp3) is 0.167. The van der Waals surface area contributed by atoms with Crippen LogP contribution in [0.3, 0.4) is 0 Å². The molecule has 0 radical (unpaired) electrons. The molecule has 86 valence electrons. The van der Waals surface area contributed by atoms with Gasteiger partial charge in [-0.3, -0.25) is 4.98 Å². The quantitative estimate of drug-likeness (QED) is 0.548. The summed E-state index contributed by atoms with van der Waals surface area (Å²) in [7, 11) is 4.90. The third kappa shape index (κ3) is 1.96. The number of carbonyl (C=O) groups excluding carboxylic acids is 1. The van der Waals surface area contributed by atoms with Crippen molar-refractivity contribution in [3.63, 3.8) is 0 Å². The molecule has 0 unspecified atom stereocenters. The zero-order chi connectivity index (χ0) is 12.4. The fourth-order valence-corrected chi connectivity index (χ4v) is 1.79. The number of esters is 1. The average Bonchev–Trinajstić information content (AvgIpc) is 2.36. The maximum absolute atomic E-state index is 11.6. The van der Waals surface area contributed by atoms with Crippen molar-refractivity contribution in [1.82, 2.24) is 4.98 Å². The van der Waals surface area contributed by atoms with Crippen LogP contribution >= 0.6 is 0 Å². The highest BCUT2D eigenvalue weighted by molar-refractivity contribution is 6.35. The Morgan fingerprint density at radius 2 is 2.12 bits per heavy atom. The molecule has 2 aromatic rings. The number of pyridine rings is 1. The number of aromatic nitrogens is 1. The normalized spacial score (nSPS) is 10.2. The second kappa shape index (κ2) is 4.45. The van der Waals surface area contributed by atoms with Crippen LogP contribution in [-0.2, 0) is 4.74 Å². The van der Waals surface area contributed by atoms with Crippen LogP contribution in [0.4, 0.5) is 0 Å². The number of ether oxygens (including phenoxy) is 2.